The number of nitrogens with one attached hydrogen (secondary N) is 1. The van der Waals surface area contributed by atoms with Gasteiger partial charge in [0.1, 0.15) is 11.2 Å². The Morgan fingerprint density at radius 3 is 2.53 bits per heavy atom. The van der Waals surface area contributed by atoms with E-state index in [0.29, 0.717) is 12.2 Å². The quantitative estimate of drug-likeness (QED) is 0.388. The van der Waals surface area contributed by atoms with E-state index in [0.717, 1.165) is 11.1 Å². The SMILES string of the molecule is CN1CC(c2ccc([N+](=O)[O-])cc2)C(C(=O)c2ccccn2)C12C(=O)Nc1ccccc12. The molecular formula is C24H20N4O4. The van der Waals surface area contributed by atoms with E-state index < -0.39 is 16.4 Å². The Morgan fingerprint density at radius 1 is 1.12 bits per heavy atom. The number of anilines is 1. The third kappa shape index (κ3) is 2.76. The Hall–Kier alpha value is -3.91. The minimum absolute atomic E-state index is 0.0219. The molecule has 2 aliphatic heterocycles. The van der Waals surface area contributed by atoms with E-state index in [1.807, 2.05) is 36.2 Å². The van der Waals surface area contributed by atoms with Crippen LogP contribution in [0.2, 0.25) is 0 Å². The van der Waals surface area contributed by atoms with Crippen LogP contribution in [0.15, 0.2) is 72.9 Å². The summed E-state index contributed by atoms with van der Waals surface area (Å²) in [5, 5.41) is 14.1. The monoisotopic (exact) mass is 428 g/mol. The van der Waals surface area contributed by atoms with Crippen LogP contribution in [0.3, 0.4) is 0 Å². The highest BCUT2D eigenvalue weighted by molar-refractivity contribution is 6.11. The zero-order chi connectivity index (χ0) is 22.5. The van der Waals surface area contributed by atoms with Crippen LogP contribution in [-0.4, -0.2) is 40.1 Å². The lowest BCUT2D eigenvalue weighted by molar-refractivity contribution is -0.384. The van der Waals surface area contributed by atoms with E-state index in [9.17, 15) is 19.7 Å². The molecule has 8 heteroatoms. The van der Waals surface area contributed by atoms with Gasteiger partial charge in [0.05, 0.1) is 10.8 Å². The number of likely N-dealkylation sites (N-methyl/N-ethyl adjacent to an activating group) is 1. The number of amides is 1. The second kappa shape index (κ2) is 7.35. The van der Waals surface area contributed by atoms with Crippen LogP contribution in [-0.2, 0) is 10.3 Å². The van der Waals surface area contributed by atoms with E-state index in [2.05, 4.69) is 10.3 Å². The Kier molecular flexibility index (Phi) is 4.60. The molecular weight excluding hydrogens is 408 g/mol. The molecule has 160 valence electrons. The Balaban J connectivity index is 1.70. The smallest absolute Gasteiger partial charge is 0.269 e. The van der Waals surface area contributed by atoms with Crippen LogP contribution >= 0.6 is 0 Å². The molecule has 1 fully saturated rings. The fraction of sp³-hybridized carbons (Fsp3) is 0.208. The van der Waals surface area contributed by atoms with Crippen molar-refractivity contribution in [2.45, 2.75) is 11.5 Å². The number of likely N-dealkylation sites (tertiary alicyclic amines) is 1. The van der Waals surface area contributed by atoms with Gasteiger partial charge in [-0.15, -0.1) is 0 Å². The third-order valence-corrected chi connectivity index (χ3v) is 6.59. The van der Waals surface area contributed by atoms with E-state index in [1.165, 1.54) is 12.1 Å². The van der Waals surface area contributed by atoms with Crippen molar-refractivity contribution in [3.8, 4) is 0 Å². The molecule has 2 aliphatic rings. The maximum Gasteiger partial charge on any atom is 0.269 e. The van der Waals surface area contributed by atoms with Crippen molar-refractivity contribution < 1.29 is 14.5 Å². The molecule has 3 heterocycles. The highest BCUT2D eigenvalue weighted by Gasteiger charge is 2.64. The zero-order valence-electron chi connectivity index (χ0n) is 17.3. The molecule has 1 saturated heterocycles. The van der Waals surface area contributed by atoms with Gasteiger partial charge in [-0.25, -0.2) is 0 Å². The van der Waals surface area contributed by atoms with Gasteiger partial charge in [-0.1, -0.05) is 36.4 Å². The second-order valence-electron chi connectivity index (χ2n) is 8.16. The number of non-ortho nitro benzene ring substituents is 1. The van der Waals surface area contributed by atoms with Crippen molar-refractivity contribution in [2.24, 2.45) is 5.92 Å². The summed E-state index contributed by atoms with van der Waals surface area (Å²) in [4.78, 5) is 44.2. The van der Waals surface area contributed by atoms with Crippen LogP contribution in [0.1, 0.15) is 27.5 Å². The van der Waals surface area contributed by atoms with Crippen LogP contribution in [0.5, 0.6) is 0 Å². The van der Waals surface area contributed by atoms with Crippen LogP contribution in [0, 0.1) is 16.0 Å². The van der Waals surface area contributed by atoms with E-state index in [4.69, 9.17) is 0 Å². The number of carbonyl (C=O) groups excluding carboxylic acids is 2. The highest BCUT2D eigenvalue weighted by atomic mass is 16.6. The summed E-state index contributed by atoms with van der Waals surface area (Å²) in [6.07, 6.45) is 1.56. The van der Waals surface area contributed by atoms with Crippen molar-refractivity contribution in [2.75, 3.05) is 18.9 Å². The van der Waals surface area contributed by atoms with Gasteiger partial charge in [0.2, 0.25) is 5.91 Å². The number of hydrogen-bond donors (Lipinski definition) is 1. The largest absolute Gasteiger partial charge is 0.324 e. The minimum atomic E-state index is -1.20. The van der Waals surface area contributed by atoms with Crippen molar-refractivity contribution in [1.82, 2.24) is 9.88 Å². The topological polar surface area (TPSA) is 105 Å². The van der Waals surface area contributed by atoms with Gasteiger partial charge in [0.15, 0.2) is 5.78 Å². The molecule has 2 aromatic carbocycles. The van der Waals surface area contributed by atoms with Crippen molar-refractivity contribution in [3.63, 3.8) is 0 Å². The normalized spacial score (nSPS) is 24.3. The van der Waals surface area contributed by atoms with E-state index in [-0.39, 0.29) is 29.0 Å². The van der Waals surface area contributed by atoms with Crippen molar-refractivity contribution >= 4 is 23.1 Å². The highest BCUT2D eigenvalue weighted by Crippen LogP contribution is 2.55. The molecule has 0 saturated carbocycles. The summed E-state index contributed by atoms with van der Waals surface area (Å²) >= 11 is 0. The van der Waals surface area contributed by atoms with Gasteiger partial charge in [0.25, 0.3) is 5.69 Å². The second-order valence-corrected chi connectivity index (χ2v) is 8.16. The predicted octanol–water partition coefficient (Wildman–Crippen LogP) is 3.37. The van der Waals surface area contributed by atoms with Gasteiger partial charge in [-0.3, -0.25) is 29.6 Å². The lowest BCUT2D eigenvalue weighted by Gasteiger charge is -2.35. The van der Waals surface area contributed by atoms with Gasteiger partial charge in [-0.2, -0.15) is 0 Å². The van der Waals surface area contributed by atoms with Crippen LogP contribution in [0.25, 0.3) is 0 Å². The summed E-state index contributed by atoms with van der Waals surface area (Å²) in [6, 6.07) is 18.8. The summed E-state index contributed by atoms with van der Waals surface area (Å²) in [5.41, 5.74) is 1.28. The summed E-state index contributed by atoms with van der Waals surface area (Å²) in [6.45, 7) is 0.433. The molecule has 8 nitrogen and oxygen atoms in total. The van der Waals surface area contributed by atoms with E-state index in [1.54, 1.807) is 36.5 Å². The lowest BCUT2D eigenvalue weighted by Crippen LogP contribution is -2.51. The molecule has 0 bridgehead atoms. The maximum absolute atomic E-state index is 13.9. The van der Waals surface area contributed by atoms with E-state index >= 15 is 0 Å². The third-order valence-electron chi connectivity index (χ3n) is 6.59. The molecule has 1 N–H and O–H groups in total. The Morgan fingerprint density at radius 2 is 1.84 bits per heavy atom. The van der Waals surface area contributed by atoms with Crippen molar-refractivity contribution in [1.29, 1.82) is 0 Å². The Labute approximate surface area is 184 Å². The molecule has 1 amide bonds. The first-order chi connectivity index (χ1) is 15.4. The molecule has 0 aliphatic carbocycles. The molecule has 5 rings (SSSR count). The molecule has 3 unspecified atom stereocenters. The number of hydrogen-bond acceptors (Lipinski definition) is 6. The average molecular weight is 428 g/mol. The maximum atomic E-state index is 13.9. The van der Waals surface area contributed by atoms with Gasteiger partial charge in [-0.05, 0) is 30.8 Å². The number of nitro groups is 1. The number of ketones is 1. The minimum Gasteiger partial charge on any atom is -0.324 e. The molecule has 3 aromatic rings. The standard InChI is InChI=1S/C24H20N4O4/c1-27-14-17(15-9-11-16(12-10-15)28(31)32)21(22(29)20-8-4-5-13-25-20)24(27)18-6-2-3-7-19(18)26-23(24)30/h2-13,17,21H,14H2,1H3,(H,26,30). The van der Waals surface area contributed by atoms with Crippen molar-refractivity contribution in [3.05, 3.63) is 99.9 Å². The molecule has 0 radical (unpaired) electrons. The first-order valence-electron chi connectivity index (χ1n) is 10.3. The number of para-hydroxylation sites is 1. The fourth-order valence-electron chi connectivity index (χ4n) is 5.21. The molecule has 1 aromatic heterocycles. The number of rotatable bonds is 4. The number of aromatic nitrogens is 1. The molecule has 3 atom stereocenters. The number of pyridine rings is 1. The van der Waals surface area contributed by atoms with Crippen LogP contribution < -0.4 is 5.32 Å². The van der Waals surface area contributed by atoms with Gasteiger partial charge < -0.3 is 5.32 Å². The number of nitro benzene ring substituents is 1. The molecule has 32 heavy (non-hydrogen) atoms. The summed E-state index contributed by atoms with van der Waals surface area (Å²) in [7, 11) is 1.84. The summed E-state index contributed by atoms with van der Waals surface area (Å²) < 4.78 is 0. The molecule has 1 spiro atoms. The predicted molar refractivity (Wildman–Crippen MR) is 117 cm³/mol. The van der Waals surface area contributed by atoms with Gasteiger partial charge >= 0.3 is 0 Å². The van der Waals surface area contributed by atoms with Gasteiger partial charge in [0, 0.05) is 42.0 Å². The van der Waals surface area contributed by atoms with Crippen LogP contribution in [0.4, 0.5) is 11.4 Å². The Bertz CT molecular complexity index is 1230. The number of fused-ring (bicyclic) bond motifs is 2. The fourth-order valence-corrected chi connectivity index (χ4v) is 5.21. The number of carbonyl (C=O) groups is 2. The number of nitrogens with zero attached hydrogens (tertiary/aromatic N) is 3. The average Bonchev–Trinajstić information content (AvgIpc) is 3.29. The zero-order valence-corrected chi connectivity index (χ0v) is 17.3. The number of Topliss-reactive ketones (excluding diaryl/α,β-unsaturated/α-hetero) is 1. The number of benzene rings is 2. The lowest BCUT2D eigenvalue weighted by atomic mass is 9.71. The first-order valence-corrected chi connectivity index (χ1v) is 10.3. The summed E-state index contributed by atoms with van der Waals surface area (Å²) in [5.74, 6) is -1.59. The first kappa shape index (κ1) is 20.0.